The van der Waals surface area contributed by atoms with Crippen molar-refractivity contribution in [3.63, 3.8) is 0 Å². The summed E-state index contributed by atoms with van der Waals surface area (Å²) >= 11 is 5.55. The van der Waals surface area contributed by atoms with Crippen LogP contribution in [0.15, 0.2) is 42.5 Å². The van der Waals surface area contributed by atoms with Crippen LogP contribution in [0.5, 0.6) is 5.75 Å². The number of ether oxygens (including phenoxy) is 2. The Morgan fingerprint density at radius 2 is 1.86 bits per heavy atom. The van der Waals surface area contributed by atoms with Crippen molar-refractivity contribution in [3.05, 3.63) is 58.6 Å². The third-order valence-corrected chi connectivity index (χ3v) is 3.51. The van der Waals surface area contributed by atoms with Crippen molar-refractivity contribution in [2.75, 3.05) is 18.5 Å². The SMILES string of the molecule is N#Cc1ccccc1OCC(=O)OCC(=O)Nc1ccc(Cl)cc1C(F)(F)F. The van der Waals surface area contributed by atoms with Gasteiger partial charge in [-0.25, -0.2) is 4.79 Å². The third-order valence-electron chi connectivity index (χ3n) is 3.28. The molecule has 0 aliphatic heterocycles. The van der Waals surface area contributed by atoms with Crippen LogP contribution < -0.4 is 10.1 Å². The number of rotatable bonds is 6. The number of nitrogens with zero attached hydrogens (tertiary/aromatic N) is 1. The van der Waals surface area contributed by atoms with E-state index in [1.165, 1.54) is 18.2 Å². The van der Waals surface area contributed by atoms with Gasteiger partial charge in [0.15, 0.2) is 13.2 Å². The largest absolute Gasteiger partial charge is 0.481 e. The first-order valence-electron chi connectivity index (χ1n) is 7.65. The van der Waals surface area contributed by atoms with Gasteiger partial charge in [0, 0.05) is 5.02 Å². The average molecular weight is 413 g/mol. The molecule has 0 fully saturated rings. The Morgan fingerprint density at radius 1 is 1.14 bits per heavy atom. The number of hydrogen-bond acceptors (Lipinski definition) is 5. The first kappa shape index (κ1) is 21.1. The van der Waals surface area contributed by atoms with Crippen LogP contribution in [0.3, 0.4) is 0 Å². The predicted octanol–water partition coefficient (Wildman–Crippen LogP) is 3.79. The van der Waals surface area contributed by atoms with Crippen LogP contribution in [0, 0.1) is 11.3 Å². The number of anilines is 1. The molecule has 0 atom stereocenters. The first-order chi connectivity index (χ1) is 13.2. The molecule has 2 aromatic rings. The van der Waals surface area contributed by atoms with Gasteiger partial charge in [-0.2, -0.15) is 18.4 Å². The van der Waals surface area contributed by atoms with Crippen molar-refractivity contribution < 1.29 is 32.2 Å². The fourth-order valence-corrected chi connectivity index (χ4v) is 2.23. The fourth-order valence-electron chi connectivity index (χ4n) is 2.06. The second-order valence-corrected chi connectivity index (χ2v) is 5.73. The maximum Gasteiger partial charge on any atom is 0.418 e. The molecule has 28 heavy (non-hydrogen) atoms. The minimum atomic E-state index is -4.73. The lowest BCUT2D eigenvalue weighted by Gasteiger charge is -2.14. The van der Waals surface area contributed by atoms with E-state index in [0.29, 0.717) is 6.07 Å². The molecule has 2 aromatic carbocycles. The van der Waals surface area contributed by atoms with Gasteiger partial charge in [0.05, 0.1) is 16.8 Å². The van der Waals surface area contributed by atoms with Gasteiger partial charge in [-0.15, -0.1) is 0 Å². The van der Waals surface area contributed by atoms with Gasteiger partial charge in [-0.3, -0.25) is 4.79 Å². The molecule has 0 aliphatic carbocycles. The number of benzene rings is 2. The Bertz CT molecular complexity index is 926. The van der Waals surface area contributed by atoms with Gasteiger partial charge in [0.1, 0.15) is 11.8 Å². The molecule has 2 rings (SSSR count). The van der Waals surface area contributed by atoms with Crippen LogP contribution in [0.25, 0.3) is 0 Å². The van der Waals surface area contributed by atoms with Crippen LogP contribution >= 0.6 is 11.6 Å². The number of halogens is 4. The number of esters is 1. The molecule has 1 amide bonds. The molecule has 10 heteroatoms. The Morgan fingerprint density at radius 3 is 2.54 bits per heavy atom. The molecule has 146 valence electrons. The summed E-state index contributed by atoms with van der Waals surface area (Å²) in [6.07, 6.45) is -4.73. The lowest BCUT2D eigenvalue weighted by Crippen LogP contribution is -2.25. The van der Waals surface area contributed by atoms with Gasteiger partial charge in [-0.05, 0) is 30.3 Å². The van der Waals surface area contributed by atoms with E-state index in [1.54, 1.807) is 12.1 Å². The minimum absolute atomic E-state index is 0.147. The van der Waals surface area contributed by atoms with E-state index in [-0.39, 0.29) is 16.3 Å². The second-order valence-electron chi connectivity index (χ2n) is 5.29. The summed E-state index contributed by atoms with van der Waals surface area (Å²) in [5.74, 6) is -1.75. The highest BCUT2D eigenvalue weighted by Gasteiger charge is 2.34. The Hall–Kier alpha value is -3.25. The molecule has 0 unspecified atom stereocenters. The van der Waals surface area contributed by atoms with E-state index < -0.39 is 42.5 Å². The summed E-state index contributed by atoms with van der Waals surface area (Å²) < 4.78 is 48.7. The van der Waals surface area contributed by atoms with Crippen molar-refractivity contribution in [2.24, 2.45) is 0 Å². The molecule has 1 N–H and O–H groups in total. The summed E-state index contributed by atoms with van der Waals surface area (Å²) in [6.45, 7) is -1.40. The van der Waals surface area contributed by atoms with E-state index in [4.69, 9.17) is 21.6 Å². The number of carbonyl (C=O) groups excluding carboxylic acids is 2. The minimum Gasteiger partial charge on any atom is -0.481 e. The second kappa shape index (κ2) is 9.10. The maximum absolute atomic E-state index is 13.0. The molecule has 0 bridgehead atoms. The zero-order valence-corrected chi connectivity index (χ0v) is 14.8. The predicted molar refractivity (Wildman–Crippen MR) is 92.7 cm³/mol. The fraction of sp³-hybridized carbons (Fsp3) is 0.167. The van der Waals surface area contributed by atoms with Gasteiger partial charge in [0.2, 0.25) is 0 Å². The Balaban J connectivity index is 1.89. The summed E-state index contributed by atoms with van der Waals surface area (Å²) in [6, 6.07) is 10.9. The lowest BCUT2D eigenvalue weighted by molar-refractivity contribution is -0.149. The standard InChI is InChI=1S/C18H12ClF3N2O4/c19-12-5-6-14(13(7-12)18(20,21)22)24-16(25)9-28-17(26)10-27-15-4-2-1-3-11(15)8-23/h1-7H,9-10H2,(H,24,25). The Kier molecular flexibility index (Phi) is 6.84. The third kappa shape index (κ3) is 5.89. The van der Waals surface area contributed by atoms with E-state index in [0.717, 1.165) is 6.07 Å². The van der Waals surface area contributed by atoms with Crippen LogP contribution in [0.4, 0.5) is 18.9 Å². The number of amides is 1. The van der Waals surface area contributed by atoms with E-state index in [2.05, 4.69) is 4.74 Å². The highest BCUT2D eigenvalue weighted by molar-refractivity contribution is 6.30. The van der Waals surface area contributed by atoms with Crippen molar-refractivity contribution >= 4 is 29.2 Å². The normalized spacial score (nSPS) is 10.7. The Labute approximate surface area is 162 Å². The number of hydrogen-bond donors (Lipinski definition) is 1. The van der Waals surface area contributed by atoms with Crippen molar-refractivity contribution in [1.29, 1.82) is 5.26 Å². The zero-order chi connectivity index (χ0) is 20.7. The van der Waals surface area contributed by atoms with Crippen LogP contribution in [0.2, 0.25) is 5.02 Å². The number of nitriles is 1. The van der Waals surface area contributed by atoms with Gasteiger partial charge in [-0.1, -0.05) is 23.7 Å². The van der Waals surface area contributed by atoms with Crippen molar-refractivity contribution in [1.82, 2.24) is 0 Å². The molecule has 0 saturated carbocycles. The molecular weight excluding hydrogens is 401 g/mol. The first-order valence-corrected chi connectivity index (χ1v) is 8.02. The number of alkyl halides is 3. The molecule has 6 nitrogen and oxygen atoms in total. The molecule has 0 aliphatic rings. The monoisotopic (exact) mass is 412 g/mol. The average Bonchev–Trinajstić information content (AvgIpc) is 2.65. The summed E-state index contributed by atoms with van der Waals surface area (Å²) in [7, 11) is 0. The molecular formula is C18H12ClF3N2O4. The lowest BCUT2D eigenvalue weighted by atomic mass is 10.1. The number of para-hydroxylation sites is 1. The van der Waals surface area contributed by atoms with Gasteiger partial charge in [0.25, 0.3) is 5.91 Å². The highest BCUT2D eigenvalue weighted by atomic mass is 35.5. The van der Waals surface area contributed by atoms with Gasteiger partial charge >= 0.3 is 12.1 Å². The number of nitrogens with one attached hydrogen (secondary N) is 1. The number of carbonyl (C=O) groups is 2. The van der Waals surface area contributed by atoms with Crippen molar-refractivity contribution in [3.8, 4) is 11.8 Å². The van der Waals surface area contributed by atoms with Crippen LogP contribution in [-0.4, -0.2) is 25.1 Å². The zero-order valence-electron chi connectivity index (χ0n) is 14.0. The van der Waals surface area contributed by atoms with Crippen LogP contribution in [-0.2, 0) is 20.5 Å². The topological polar surface area (TPSA) is 88.4 Å². The molecule has 0 aromatic heterocycles. The van der Waals surface area contributed by atoms with E-state index in [1.807, 2.05) is 11.4 Å². The van der Waals surface area contributed by atoms with E-state index in [9.17, 15) is 22.8 Å². The summed E-state index contributed by atoms with van der Waals surface area (Å²) in [4.78, 5) is 23.4. The van der Waals surface area contributed by atoms with E-state index >= 15 is 0 Å². The molecule has 0 radical (unpaired) electrons. The highest BCUT2D eigenvalue weighted by Crippen LogP contribution is 2.36. The molecule has 0 spiro atoms. The van der Waals surface area contributed by atoms with Gasteiger partial charge < -0.3 is 14.8 Å². The summed E-state index contributed by atoms with van der Waals surface area (Å²) in [5.41, 5.74) is -1.44. The van der Waals surface area contributed by atoms with Crippen molar-refractivity contribution in [2.45, 2.75) is 6.18 Å². The molecule has 0 heterocycles. The molecule has 0 saturated heterocycles. The summed E-state index contributed by atoms with van der Waals surface area (Å²) in [5, 5.41) is 10.8. The smallest absolute Gasteiger partial charge is 0.418 e. The quantitative estimate of drug-likeness (QED) is 0.729. The van der Waals surface area contributed by atoms with Crippen LogP contribution in [0.1, 0.15) is 11.1 Å². The maximum atomic E-state index is 13.0.